The quantitative estimate of drug-likeness (QED) is 0.523. The third-order valence-corrected chi connectivity index (χ3v) is 6.19. The zero-order valence-electron chi connectivity index (χ0n) is 16.2. The summed E-state index contributed by atoms with van der Waals surface area (Å²) in [5, 5.41) is 1.41. The Bertz CT molecular complexity index is 860. The molecule has 1 aliphatic heterocycles. The predicted molar refractivity (Wildman–Crippen MR) is 115 cm³/mol. The van der Waals surface area contributed by atoms with E-state index in [9.17, 15) is 9.59 Å². The predicted octanol–water partition coefficient (Wildman–Crippen LogP) is 4.17. The number of rotatable bonds is 6. The fraction of sp³-hybridized carbons (Fsp3) is 0.364. The van der Waals surface area contributed by atoms with Crippen molar-refractivity contribution in [1.82, 2.24) is 9.80 Å². The summed E-state index contributed by atoms with van der Waals surface area (Å²) in [6, 6.07) is 10.3. The third-order valence-electron chi connectivity index (χ3n) is 5.01. The van der Waals surface area contributed by atoms with Gasteiger partial charge in [0.05, 0.1) is 6.04 Å². The Balaban J connectivity index is 1.90. The van der Waals surface area contributed by atoms with Crippen LogP contribution in [0.5, 0.6) is 0 Å². The van der Waals surface area contributed by atoms with E-state index < -0.39 is 5.38 Å². The first-order valence-corrected chi connectivity index (χ1v) is 10.7. The molecular weight excluding hydrogens is 392 g/mol. The number of benzene rings is 1. The molecule has 2 amide bonds. The van der Waals surface area contributed by atoms with Crippen LogP contribution in [0.2, 0.25) is 0 Å². The van der Waals surface area contributed by atoms with E-state index in [4.69, 9.17) is 11.6 Å². The van der Waals surface area contributed by atoms with Gasteiger partial charge >= 0.3 is 0 Å². The van der Waals surface area contributed by atoms with Crippen molar-refractivity contribution in [3.63, 3.8) is 0 Å². The minimum atomic E-state index is -0.675. The van der Waals surface area contributed by atoms with E-state index in [0.29, 0.717) is 13.1 Å². The van der Waals surface area contributed by atoms with Crippen LogP contribution >= 0.6 is 22.9 Å². The van der Waals surface area contributed by atoms with Crippen molar-refractivity contribution in [2.75, 3.05) is 19.6 Å². The molecule has 2 aromatic rings. The van der Waals surface area contributed by atoms with E-state index in [-0.39, 0.29) is 24.4 Å². The van der Waals surface area contributed by atoms with Crippen molar-refractivity contribution in [3.05, 3.63) is 69.9 Å². The molecule has 1 aromatic carbocycles. The van der Waals surface area contributed by atoms with E-state index in [1.54, 1.807) is 24.3 Å². The number of hydrogen-bond donors (Lipinski definition) is 0. The third kappa shape index (κ3) is 4.31. The first kappa shape index (κ1) is 20.6. The minimum Gasteiger partial charge on any atom is -0.330 e. The summed E-state index contributed by atoms with van der Waals surface area (Å²) in [7, 11) is 0. The summed E-state index contributed by atoms with van der Waals surface area (Å²) in [6.07, 6.45) is 2.46. The normalized spacial score (nSPS) is 17.0. The molecule has 0 spiro atoms. The van der Waals surface area contributed by atoms with Crippen LogP contribution in [0.25, 0.3) is 0 Å². The van der Waals surface area contributed by atoms with Gasteiger partial charge in [-0.3, -0.25) is 9.59 Å². The summed E-state index contributed by atoms with van der Waals surface area (Å²) >= 11 is 7.71. The Labute approximate surface area is 175 Å². The van der Waals surface area contributed by atoms with Crippen LogP contribution in [0.4, 0.5) is 0 Å². The lowest BCUT2D eigenvalue weighted by molar-refractivity contribution is -0.141. The lowest BCUT2D eigenvalue weighted by Gasteiger charge is -2.37. The number of carbonyl (C=O) groups excluding carboxylic acids is 2. The maximum absolute atomic E-state index is 13.3. The zero-order chi connectivity index (χ0) is 20.3. The number of aryl methyl sites for hydroxylation is 1. The number of fused-ring (bicyclic) bond motifs is 1. The van der Waals surface area contributed by atoms with Crippen LogP contribution in [0.15, 0.2) is 48.4 Å². The van der Waals surface area contributed by atoms with E-state index in [1.165, 1.54) is 20.9 Å². The molecule has 2 unspecified atom stereocenters. The molecule has 0 fully saturated rings. The van der Waals surface area contributed by atoms with Crippen molar-refractivity contribution < 1.29 is 9.59 Å². The van der Waals surface area contributed by atoms with Gasteiger partial charge in [-0.05, 0) is 42.8 Å². The SMILES string of the molecule is C=CCN(CC(=O)N1CCc2sccc2C1c1ccc(C)cc1)C(=O)C(C)Cl. The van der Waals surface area contributed by atoms with Crippen molar-refractivity contribution in [2.24, 2.45) is 0 Å². The van der Waals surface area contributed by atoms with Crippen molar-refractivity contribution in [2.45, 2.75) is 31.7 Å². The molecule has 0 saturated heterocycles. The highest BCUT2D eigenvalue weighted by Crippen LogP contribution is 2.37. The van der Waals surface area contributed by atoms with Crippen LogP contribution in [-0.2, 0) is 16.0 Å². The second-order valence-electron chi connectivity index (χ2n) is 7.07. The van der Waals surface area contributed by atoms with Crippen molar-refractivity contribution >= 4 is 34.8 Å². The number of hydrogen-bond acceptors (Lipinski definition) is 3. The Morgan fingerprint density at radius 1 is 1.36 bits per heavy atom. The van der Waals surface area contributed by atoms with Crippen LogP contribution in [0.1, 0.15) is 34.5 Å². The fourth-order valence-corrected chi connectivity index (χ4v) is 4.63. The molecule has 0 aliphatic carbocycles. The highest BCUT2D eigenvalue weighted by atomic mass is 35.5. The number of nitrogens with zero attached hydrogens (tertiary/aromatic N) is 2. The molecule has 0 bridgehead atoms. The molecule has 4 nitrogen and oxygen atoms in total. The molecule has 0 radical (unpaired) electrons. The number of halogens is 1. The number of amides is 2. The Morgan fingerprint density at radius 3 is 2.71 bits per heavy atom. The molecule has 2 atom stereocenters. The lowest BCUT2D eigenvalue weighted by Crippen LogP contribution is -2.48. The fourth-order valence-electron chi connectivity index (χ4n) is 3.59. The van der Waals surface area contributed by atoms with E-state index in [2.05, 4.69) is 49.2 Å². The highest BCUT2D eigenvalue weighted by Gasteiger charge is 2.34. The molecule has 6 heteroatoms. The topological polar surface area (TPSA) is 40.6 Å². The smallest absolute Gasteiger partial charge is 0.243 e. The van der Waals surface area contributed by atoms with Gasteiger partial charge in [0, 0.05) is 18.0 Å². The van der Waals surface area contributed by atoms with Gasteiger partial charge in [0.1, 0.15) is 11.9 Å². The summed E-state index contributed by atoms with van der Waals surface area (Å²) < 4.78 is 0. The lowest BCUT2D eigenvalue weighted by atomic mass is 9.92. The van der Waals surface area contributed by atoms with Crippen molar-refractivity contribution in [3.8, 4) is 0 Å². The second kappa shape index (κ2) is 8.93. The molecular formula is C22H25ClN2O2S. The average molecular weight is 417 g/mol. The van der Waals surface area contributed by atoms with E-state index >= 15 is 0 Å². The number of carbonyl (C=O) groups is 2. The summed E-state index contributed by atoms with van der Waals surface area (Å²) in [5.74, 6) is -0.329. The van der Waals surface area contributed by atoms with Crippen LogP contribution in [-0.4, -0.2) is 46.6 Å². The van der Waals surface area contributed by atoms with Gasteiger partial charge in [-0.15, -0.1) is 29.5 Å². The first-order valence-electron chi connectivity index (χ1n) is 9.38. The van der Waals surface area contributed by atoms with Crippen LogP contribution < -0.4 is 0 Å². The maximum atomic E-state index is 13.3. The van der Waals surface area contributed by atoms with Crippen LogP contribution in [0.3, 0.4) is 0 Å². The zero-order valence-corrected chi connectivity index (χ0v) is 17.8. The average Bonchev–Trinajstić information content (AvgIpc) is 3.15. The van der Waals surface area contributed by atoms with Crippen LogP contribution in [0, 0.1) is 6.92 Å². The largest absolute Gasteiger partial charge is 0.330 e. The highest BCUT2D eigenvalue weighted by molar-refractivity contribution is 7.10. The Kier molecular flexibility index (Phi) is 6.57. The van der Waals surface area contributed by atoms with Gasteiger partial charge in [-0.25, -0.2) is 0 Å². The standard InChI is InChI=1S/C22H25ClN2O2S/c1-4-11-24(22(27)16(3)23)14-20(26)25-12-9-19-18(10-13-28-19)21(25)17-7-5-15(2)6-8-17/h4-8,10,13,16,21H,1,9,11-12,14H2,2-3H3. The van der Waals surface area contributed by atoms with Gasteiger partial charge in [0.2, 0.25) is 11.8 Å². The number of alkyl halides is 1. The summed E-state index contributed by atoms with van der Waals surface area (Å²) in [6.45, 7) is 8.31. The van der Waals surface area contributed by atoms with Gasteiger partial charge in [0.15, 0.2) is 0 Å². The molecule has 1 aliphatic rings. The summed E-state index contributed by atoms with van der Waals surface area (Å²) in [4.78, 5) is 30.3. The molecule has 0 saturated carbocycles. The molecule has 28 heavy (non-hydrogen) atoms. The first-order chi connectivity index (χ1) is 13.4. The molecule has 2 heterocycles. The second-order valence-corrected chi connectivity index (χ2v) is 8.73. The van der Waals surface area contributed by atoms with Gasteiger partial charge in [-0.2, -0.15) is 0 Å². The summed E-state index contributed by atoms with van der Waals surface area (Å²) in [5.41, 5.74) is 3.45. The number of thiophene rings is 1. The molecule has 148 valence electrons. The molecule has 3 rings (SSSR count). The molecule has 0 N–H and O–H groups in total. The monoisotopic (exact) mass is 416 g/mol. The van der Waals surface area contributed by atoms with E-state index in [0.717, 1.165) is 12.0 Å². The molecule has 1 aromatic heterocycles. The van der Waals surface area contributed by atoms with Gasteiger partial charge in [-0.1, -0.05) is 35.9 Å². The van der Waals surface area contributed by atoms with Gasteiger partial charge < -0.3 is 9.80 Å². The van der Waals surface area contributed by atoms with E-state index in [1.807, 2.05) is 4.90 Å². The Morgan fingerprint density at radius 2 is 2.07 bits per heavy atom. The minimum absolute atomic E-state index is 0.00372. The maximum Gasteiger partial charge on any atom is 0.243 e. The Hall–Kier alpha value is -2.11. The van der Waals surface area contributed by atoms with Gasteiger partial charge in [0.25, 0.3) is 0 Å². The van der Waals surface area contributed by atoms with Crippen molar-refractivity contribution in [1.29, 1.82) is 0 Å².